The quantitative estimate of drug-likeness (QED) is 0.642. The van der Waals surface area contributed by atoms with E-state index in [0.717, 1.165) is 5.56 Å². The van der Waals surface area contributed by atoms with Gasteiger partial charge in [-0.15, -0.1) is 11.3 Å². The molecule has 7 heteroatoms. The molecule has 1 aromatic carbocycles. The Kier molecular flexibility index (Phi) is 3.47. The van der Waals surface area contributed by atoms with Crippen LogP contribution in [0.25, 0.3) is 11.6 Å². The zero-order valence-corrected chi connectivity index (χ0v) is 13.2. The Bertz CT molecular complexity index is 943. The van der Waals surface area contributed by atoms with E-state index in [4.69, 9.17) is 0 Å². The summed E-state index contributed by atoms with van der Waals surface area (Å²) in [5.41, 5.74) is 2.59. The zero-order chi connectivity index (χ0) is 16.5. The number of benzene rings is 1. The van der Waals surface area contributed by atoms with Crippen LogP contribution in [0.4, 0.5) is 11.4 Å². The van der Waals surface area contributed by atoms with Crippen LogP contribution in [0.3, 0.4) is 0 Å². The summed E-state index contributed by atoms with van der Waals surface area (Å²) in [7, 11) is 0. The van der Waals surface area contributed by atoms with Gasteiger partial charge < -0.3 is 15.6 Å². The standard InChI is InChI=1S/C17H12N4O2S/c22-16-12(9-15-18-5-6-19-15)11-8-10(3-4-13(11)21-16)20-17(23)14-2-1-7-24-14/h1-9H,(H,18,19)(H,20,23)(H,21,22). The third-order valence-corrected chi connectivity index (χ3v) is 4.47. The molecule has 0 fully saturated rings. The fourth-order valence-electron chi connectivity index (χ4n) is 2.50. The molecule has 0 spiro atoms. The number of rotatable bonds is 3. The molecule has 0 aliphatic carbocycles. The van der Waals surface area contributed by atoms with E-state index >= 15 is 0 Å². The molecule has 2 aromatic heterocycles. The molecule has 0 atom stereocenters. The number of aromatic amines is 1. The molecule has 24 heavy (non-hydrogen) atoms. The predicted octanol–water partition coefficient (Wildman–Crippen LogP) is 3.22. The molecule has 4 rings (SSSR count). The number of carbonyl (C=O) groups is 2. The van der Waals surface area contributed by atoms with E-state index in [-0.39, 0.29) is 11.8 Å². The van der Waals surface area contributed by atoms with Crippen molar-refractivity contribution in [3.63, 3.8) is 0 Å². The lowest BCUT2D eigenvalue weighted by Crippen LogP contribution is -2.10. The summed E-state index contributed by atoms with van der Waals surface area (Å²) in [6, 6.07) is 8.92. The van der Waals surface area contributed by atoms with Gasteiger partial charge in [-0.25, -0.2) is 4.98 Å². The first kappa shape index (κ1) is 14.4. The maximum absolute atomic E-state index is 12.2. The van der Waals surface area contributed by atoms with Gasteiger partial charge in [0, 0.05) is 29.3 Å². The fourth-order valence-corrected chi connectivity index (χ4v) is 3.12. The fraction of sp³-hybridized carbons (Fsp3) is 0. The van der Waals surface area contributed by atoms with Crippen molar-refractivity contribution < 1.29 is 9.59 Å². The number of thiophene rings is 1. The van der Waals surface area contributed by atoms with Crippen molar-refractivity contribution in [3.05, 3.63) is 64.4 Å². The first-order valence-corrected chi connectivity index (χ1v) is 8.10. The van der Waals surface area contributed by atoms with Crippen molar-refractivity contribution in [2.24, 2.45) is 0 Å². The number of nitrogens with one attached hydrogen (secondary N) is 3. The van der Waals surface area contributed by atoms with E-state index in [1.54, 1.807) is 42.7 Å². The number of amides is 2. The number of fused-ring (bicyclic) bond motifs is 1. The highest BCUT2D eigenvalue weighted by Gasteiger charge is 2.25. The van der Waals surface area contributed by atoms with E-state index in [9.17, 15) is 9.59 Å². The highest BCUT2D eigenvalue weighted by molar-refractivity contribution is 7.12. The molecule has 6 nitrogen and oxygen atoms in total. The Labute approximate surface area is 141 Å². The Hall–Kier alpha value is -3.19. The predicted molar refractivity (Wildman–Crippen MR) is 93.8 cm³/mol. The SMILES string of the molecule is O=C1Nc2ccc(NC(=O)c3cccs3)cc2C1=Cc1ncc[nH]1. The second-order valence-electron chi connectivity index (χ2n) is 5.18. The summed E-state index contributed by atoms with van der Waals surface area (Å²) >= 11 is 1.38. The number of imidazole rings is 1. The molecule has 3 aromatic rings. The lowest BCUT2D eigenvalue weighted by molar-refractivity contribution is -0.110. The molecular weight excluding hydrogens is 324 g/mol. The van der Waals surface area contributed by atoms with Gasteiger partial charge in [-0.1, -0.05) is 6.07 Å². The largest absolute Gasteiger partial charge is 0.345 e. The summed E-state index contributed by atoms with van der Waals surface area (Å²) in [5.74, 6) is 0.239. The van der Waals surface area contributed by atoms with Gasteiger partial charge in [-0.3, -0.25) is 9.59 Å². The van der Waals surface area contributed by atoms with E-state index in [1.807, 2.05) is 11.4 Å². The molecule has 1 aliphatic rings. The Morgan fingerprint density at radius 3 is 2.96 bits per heavy atom. The second-order valence-corrected chi connectivity index (χ2v) is 6.13. The zero-order valence-electron chi connectivity index (χ0n) is 12.4. The van der Waals surface area contributed by atoms with Gasteiger partial charge in [0.2, 0.25) is 0 Å². The van der Waals surface area contributed by atoms with Gasteiger partial charge >= 0.3 is 0 Å². The van der Waals surface area contributed by atoms with Crippen LogP contribution in [-0.4, -0.2) is 21.8 Å². The van der Waals surface area contributed by atoms with Crippen LogP contribution in [0.15, 0.2) is 48.1 Å². The van der Waals surface area contributed by atoms with Gasteiger partial charge in [0.05, 0.1) is 10.5 Å². The summed E-state index contributed by atoms with van der Waals surface area (Å²) in [6.07, 6.45) is 5.00. The van der Waals surface area contributed by atoms with Gasteiger partial charge in [0.15, 0.2) is 0 Å². The second kappa shape index (κ2) is 5.78. The van der Waals surface area contributed by atoms with E-state index < -0.39 is 0 Å². The highest BCUT2D eigenvalue weighted by atomic mass is 32.1. The van der Waals surface area contributed by atoms with E-state index in [1.165, 1.54) is 11.3 Å². The smallest absolute Gasteiger partial charge is 0.265 e. The van der Waals surface area contributed by atoms with Crippen molar-refractivity contribution >= 4 is 46.2 Å². The maximum Gasteiger partial charge on any atom is 0.265 e. The van der Waals surface area contributed by atoms with Crippen LogP contribution < -0.4 is 10.6 Å². The molecule has 118 valence electrons. The number of H-pyrrole nitrogens is 1. The molecule has 1 aliphatic heterocycles. The monoisotopic (exact) mass is 336 g/mol. The van der Waals surface area contributed by atoms with Crippen LogP contribution >= 0.6 is 11.3 Å². The topological polar surface area (TPSA) is 86.9 Å². The van der Waals surface area contributed by atoms with Gasteiger partial charge in [-0.2, -0.15) is 0 Å². The third-order valence-electron chi connectivity index (χ3n) is 3.61. The van der Waals surface area contributed by atoms with E-state index in [0.29, 0.717) is 27.6 Å². The molecule has 3 N–H and O–H groups in total. The number of nitrogens with zero attached hydrogens (tertiary/aromatic N) is 1. The Balaban J connectivity index is 1.66. The normalized spacial score (nSPS) is 14.5. The summed E-state index contributed by atoms with van der Waals surface area (Å²) in [4.78, 5) is 32.0. The third kappa shape index (κ3) is 2.61. The molecule has 0 saturated heterocycles. The minimum absolute atomic E-state index is 0.168. The average molecular weight is 336 g/mol. The molecular formula is C17H12N4O2S. The molecule has 2 amide bonds. The Morgan fingerprint density at radius 1 is 1.29 bits per heavy atom. The van der Waals surface area contributed by atoms with Gasteiger partial charge in [0.1, 0.15) is 5.82 Å². The van der Waals surface area contributed by atoms with Crippen molar-refractivity contribution in [3.8, 4) is 0 Å². The highest BCUT2D eigenvalue weighted by Crippen LogP contribution is 2.34. The minimum Gasteiger partial charge on any atom is -0.345 e. The maximum atomic E-state index is 12.2. The summed E-state index contributed by atoms with van der Waals surface area (Å²) in [5, 5.41) is 7.51. The number of carbonyl (C=O) groups excluding carboxylic acids is 2. The Morgan fingerprint density at radius 2 is 2.21 bits per heavy atom. The first-order chi connectivity index (χ1) is 11.7. The lowest BCUT2D eigenvalue weighted by atomic mass is 10.1. The summed E-state index contributed by atoms with van der Waals surface area (Å²) in [6.45, 7) is 0. The van der Waals surface area contributed by atoms with Crippen LogP contribution in [0.1, 0.15) is 21.1 Å². The van der Waals surface area contributed by atoms with Crippen molar-refractivity contribution in [1.29, 1.82) is 0 Å². The van der Waals surface area contributed by atoms with Crippen molar-refractivity contribution in [1.82, 2.24) is 9.97 Å². The molecule has 3 heterocycles. The van der Waals surface area contributed by atoms with Crippen LogP contribution in [0.2, 0.25) is 0 Å². The van der Waals surface area contributed by atoms with Crippen molar-refractivity contribution in [2.45, 2.75) is 0 Å². The van der Waals surface area contributed by atoms with Gasteiger partial charge in [-0.05, 0) is 35.7 Å². The minimum atomic E-state index is -0.192. The molecule has 0 bridgehead atoms. The van der Waals surface area contributed by atoms with Crippen molar-refractivity contribution in [2.75, 3.05) is 10.6 Å². The number of aromatic nitrogens is 2. The molecule has 0 unspecified atom stereocenters. The number of anilines is 2. The number of hydrogen-bond acceptors (Lipinski definition) is 4. The molecule has 0 saturated carbocycles. The van der Waals surface area contributed by atoms with Crippen LogP contribution in [0, 0.1) is 0 Å². The van der Waals surface area contributed by atoms with Gasteiger partial charge in [0.25, 0.3) is 11.8 Å². The summed E-state index contributed by atoms with van der Waals surface area (Å²) < 4.78 is 0. The van der Waals surface area contributed by atoms with E-state index in [2.05, 4.69) is 20.6 Å². The van der Waals surface area contributed by atoms with Crippen LogP contribution in [0.5, 0.6) is 0 Å². The molecule has 0 radical (unpaired) electrons. The first-order valence-electron chi connectivity index (χ1n) is 7.22. The van der Waals surface area contributed by atoms with Crippen LogP contribution in [-0.2, 0) is 4.79 Å². The average Bonchev–Trinajstić information content (AvgIpc) is 3.31. The number of hydrogen-bond donors (Lipinski definition) is 3. The lowest BCUT2D eigenvalue weighted by Gasteiger charge is -2.06.